The number of alkyl halides is 3. The molecular formula is C22H26F3N5O2. The number of aromatic nitrogens is 1. The van der Waals surface area contributed by atoms with Gasteiger partial charge in [-0.1, -0.05) is 25.5 Å². The number of hydrogen-bond acceptors (Lipinski definition) is 4. The summed E-state index contributed by atoms with van der Waals surface area (Å²) in [6, 6.07) is 8.03. The van der Waals surface area contributed by atoms with Gasteiger partial charge >= 0.3 is 12.2 Å². The number of unbranched alkanes of at least 4 members (excludes halogenated alkanes) is 1. The second kappa shape index (κ2) is 10.3. The van der Waals surface area contributed by atoms with Gasteiger partial charge in [-0.3, -0.25) is 10.1 Å². The quantitative estimate of drug-likeness (QED) is 0.654. The van der Waals surface area contributed by atoms with Crippen LogP contribution in [0.4, 0.5) is 29.5 Å². The van der Waals surface area contributed by atoms with Crippen LogP contribution in [0.5, 0.6) is 0 Å². The number of rotatable bonds is 6. The third kappa shape index (κ3) is 5.89. The Kier molecular flexibility index (Phi) is 7.55. The molecule has 0 atom stereocenters. The van der Waals surface area contributed by atoms with Crippen molar-refractivity contribution in [3.63, 3.8) is 0 Å². The Morgan fingerprint density at radius 2 is 1.78 bits per heavy atom. The lowest BCUT2D eigenvalue weighted by atomic mass is 10.1. The fourth-order valence-corrected chi connectivity index (χ4v) is 3.44. The van der Waals surface area contributed by atoms with E-state index in [9.17, 15) is 22.8 Å². The molecule has 0 spiro atoms. The molecular weight excluding hydrogens is 423 g/mol. The third-order valence-electron chi connectivity index (χ3n) is 5.20. The number of carbonyl (C=O) groups is 2. The molecule has 7 nitrogen and oxygen atoms in total. The Hall–Kier alpha value is -3.30. The van der Waals surface area contributed by atoms with E-state index in [1.54, 1.807) is 12.3 Å². The molecule has 10 heteroatoms. The summed E-state index contributed by atoms with van der Waals surface area (Å²) in [5.41, 5.74) is -0.439. The molecule has 1 saturated heterocycles. The average molecular weight is 449 g/mol. The minimum absolute atomic E-state index is 0.296. The normalized spacial score (nSPS) is 14.2. The molecule has 1 aromatic carbocycles. The van der Waals surface area contributed by atoms with Crippen LogP contribution in [0.15, 0.2) is 42.6 Å². The van der Waals surface area contributed by atoms with Gasteiger partial charge in [-0.15, -0.1) is 0 Å². The molecule has 2 N–H and O–H groups in total. The summed E-state index contributed by atoms with van der Waals surface area (Å²) >= 11 is 0. The zero-order valence-corrected chi connectivity index (χ0v) is 17.8. The second-order valence-corrected chi connectivity index (χ2v) is 7.46. The van der Waals surface area contributed by atoms with Crippen molar-refractivity contribution in [3.8, 4) is 0 Å². The minimum Gasteiger partial charge on any atom is -0.367 e. The summed E-state index contributed by atoms with van der Waals surface area (Å²) in [6.45, 7) is 4.15. The molecule has 1 fully saturated rings. The van der Waals surface area contributed by atoms with Crippen molar-refractivity contribution in [2.24, 2.45) is 0 Å². The van der Waals surface area contributed by atoms with Crippen LogP contribution in [0, 0.1) is 0 Å². The van der Waals surface area contributed by atoms with Gasteiger partial charge in [0.2, 0.25) is 0 Å². The number of halogens is 3. The standard InChI is InChI=1S/C22H26F3N5O2/c1-2-3-10-26-21(32)28-19-9-8-16(15-27-19)29-11-13-30(14-12-29)20(31)17-6-4-5-7-18(17)22(23,24)25/h4-9,15H,2-3,10-14H2,1H3,(H2,26,27,28,32). The van der Waals surface area contributed by atoms with Crippen LogP contribution in [-0.4, -0.2) is 54.5 Å². The SMILES string of the molecule is CCCCNC(=O)Nc1ccc(N2CCN(C(=O)c3ccccc3C(F)(F)F)CC2)cn1. The monoisotopic (exact) mass is 449 g/mol. The molecule has 1 aromatic heterocycles. The van der Waals surface area contributed by atoms with Crippen molar-refractivity contribution >= 4 is 23.4 Å². The van der Waals surface area contributed by atoms with Gasteiger partial charge in [0.25, 0.3) is 5.91 Å². The summed E-state index contributed by atoms with van der Waals surface area (Å²) < 4.78 is 39.7. The van der Waals surface area contributed by atoms with Gasteiger partial charge in [0, 0.05) is 32.7 Å². The summed E-state index contributed by atoms with van der Waals surface area (Å²) in [4.78, 5) is 32.2. The first kappa shape index (κ1) is 23.4. The maximum atomic E-state index is 13.2. The van der Waals surface area contributed by atoms with E-state index < -0.39 is 17.6 Å². The minimum atomic E-state index is -4.58. The Labute approximate surface area is 184 Å². The van der Waals surface area contributed by atoms with Gasteiger partial charge in [-0.2, -0.15) is 13.2 Å². The van der Waals surface area contributed by atoms with Crippen LogP contribution in [-0.2, 0) is 6.18 Å². The predicted octanol–water partition coefficient (Wildman–Crippen LogP) is 3.98. The van der Waals surface area contributed by atoms with E-state index in [1.165, 1.54) is 23.1 Å². The third-order valence-corrected chi connectivity index (χ3v) is 5.20. The molecule has 3 amide bonds. The summed E-state index contributed by atoms with van der Waals surface area (Å²) in [6.07, 6.45) is -1.07. The van der Waals surface area contributed by atoms with E-state index >= 15 is 0 Å². The van der Waals surface area contributed by atoms with Crippen molar-refractivity contribution in [1.82, 2.24) is 15.2 Å². The van der Waals surface area contributed by atoms with E-state index in [0.717, 1.165) is 24.6 Å². The van der Waals surface area contributed by atoms with Gasteiger partial charge in [-0.05, 0) is 30.7 Å². The Balaban J connectivity index is 1.56. The number of anilines is 2. The molecule has 0 radical (unpaired) electrons. The topological polar surface area (TPSA) is 77.6 Å². The Morgan fingerprint density at radius 3 is 2.41 bits per heavy atom. The number of nitrogens with one attached hydrogen (secondary N) is 2. The van der Waals surface area contributed by atoms with Crippen LogP contribution in [0.25, 0.3) is 0 Å². The highest BCUT2D eigenvalue weighted by molar-refractivity contribution is 5.96. The molecule has 0 unspecified atom stereocenters. The van der Waals surface area contributed by atoms with Gasteiger partial charge in [0.1, 0.15) is 5.82 Å². The highest BCUT2D eigenvalue weighted by atomic mass is 19.4. The van der Waals surface area contributed by atoms with E-state index in [2.05, 4.69) is 15.6 Å². The molecule has 0 bridgehead atoms. The van der Waals surface area contributed by atoms with Gasteiger partial charge in [0.05, 0.1) is 23.0 Å². The fraction of sp³-hybridized carbons (Fsp3) is 0.409. The molecule has 0 saturated carbocycles. The number of amides is 3. The van der Waals surface area contributed by atoms with Crippen molar-refractivity contribution < 1.29 is 22.8 Å². The average Bonchev–Trinajstić information content (AvgIpc) is 2.79. The number of pyridine rings is 1. The number of benzene rings is 1. The number of urea groups is 1. The van der Waals surface area contributed by atoms with E-state index in [-0.39, 0.29) is 11.6 Å². The molecule has 2 heterocycles. The lowest BCUT2D eigenvalue weighted by Gasteiger charge is -2.36. The molecule has 2 aromatic rings. The van der Waals surface area contributed by atoms with E-state index in [4.69, 9.17) is 0 Å². The van der Waals surface area contributed by atoms with Crippen LogP contribution >= 0.6 is 0 Å². The van der Waals surface area contributed by atoms with Gasteiger partial charge in [0.15, 0.2) is 0 Å². The van der Waals surface area contributed by atoms with Crippen molar-refractivity contribution in [1.29, 1.82) is 0 Å². The Bertz CT molecular complexity index is 926. The first-order valence-corrected chi connectivity index (χ1v) is 10.5. The Morgan fingerprint density at radius 1 is 1.06 bits per heavy atom. The summed E-state index contributed by atoms with van der Waals surface area (Å²) in [7, 11) is 0. The lowest BCUT2D eigenvalue weighted by molar-refractivity contribution is -0.138. The summed E-state index contributed by atoms with van der Waals surface area (Å²) in [5.74, 6) is -0.204. The first-order chi connectivity index (χ1) is 15.3. The zero-order valence-electron chi connectivity index (χ0n) is 17.8. The van der Waals surface area contributed by atoms with Crippen LogP contribution < -0.4 is 15.5 Å². The number of piperazine rings is 1. The van der Waals surface area contributed by atoms with Gasteiger partial charge < -0.3 is 15.1 Å². The molecule has 0 aliphatic carbocycles. The summed E-state index contributed by atoms with van der Waals surface area (Å²) in [5, 5.41) is 5.41. The van der Waals surface area contributed by atoms with E-state index in [1.807, 2.05) is 17.9 Å². The number of carbonyl (C=O) groups excluding carboxylic acids is 2. The highest BCUT2D eigenvalue weighted by Gasteiger charge is 2.36. The lowest BCUT2D eigenvalue weighted by Crippen LogP contribution is -2.49. The number of hydrogen-bond donors (Lipinski definition) is 2. The molecule has 3 rings (SSSR count). The fourth-order valence-electron chi connectivity index (χ4n) is 3.44. The zero-order chi connectivity index (χ0) is 23.1. The smallest absolute Gasteiger partial charge is 0.367 e. The predicted molar refractivity (Wildman–Crippen MR) is 116 cm³/mol. The second-order valence-electron chi connectivity index (χ2n) is 7.46. The first-order valence-electron chi connectivity index (χ1n) is 10.5. The molecule has 172 valence electrons. The van der Waals surface area contributed by atoms with Gasteiger partial charge in [-0.25, -0.2) is 9.78 Å². The molecule has 32 heavy (non-hydrogen) atoms. The van der Waals surface area contributed by atoms with Crippen LogP contribution in [0.3, 0.4) is 0 Å². The maximum Gasteiger partial charge on any atom is 0.417 e. The van der Waals surface area contributed by atoms with Crippen LogP contribution in [0.1, 0.15) is 35.7 Å². The van der Waals surface area contributed by atoms with Crippen molar-refractivity contribution in [2.45, 2.75) is 25.9 Å². The number of nitrogens with zero attached hydrogens (tertiary/aromatic N) is 3. The van der Waals surface area contributed by atoms with Crippen molar-refractivity contribution in [3.05, 3.63) is 53.7 Å². The highest BCUT2D eigenvalue weighted by Crippen LogP contribution is 2.32. The maximum absolute atomic E-state index is 13.2. The molecule has 1 aliphatic rings. The molecule has 1 aliphatic heterocycles. The van der Waals surface area contributed by atoms with E-state index in [0.29, 0.717) is 38.5 Å². The largest absolute Gasteiger partial charge is 0.417 e. The van der Waals surface area contributed by atoms with Crippen molar-refractivity contribution in [2.75, 3.05) is 42.9 Å². The van der Waals surface area contributed by atoms with Crippen LogP contribution in [0.2, 0.25) is 0 Å².